The summed E-state index contributed by atoms with van der Waals surface area (Å²) < 4.78 is 4.72. The third kappa shape index (κ3) is 5.13. The van der Waals surface area contributed by atoms with Crippen LogP contribution in [0.1, 0.15) is 38.8 Å². The summed E-state index contributed by atoms with van der Waals surface area (Å²) in [5.41, 5.74) is 1.03. The highest BCUT2D eigenvalue weighted by atomic mass is 16.5. The van der Waals surface area contributed by atoms with Crippen molar-refractivity contribution in [2.45, 2.75) is 33.2 Å². The minimum absolute atomic E-state index is 0.00312. The molecule has 1 aromatic rings. The molecule has 3 heteroatoms. The van der Waals surface area contributed by atoms with Crippen molar-refractivity contribution in [3.8, 4) is 0 Å². The third-order valence-electron chi connectivity index (χ3n) is 2.41. The standard InChI is InChI=1S/C15H21NO2/c1-15(2,3)11-16-13(10-14(17)18-4)12-8-6-5-7-9-12/h5-9,11,13H,10H2,1-4H3. The van der Waals surface area contributed by atoms with Gasteiger partial charge in [-0.1, -0.05) is 51.1 Å². The molecule has 0 spiro atoms. The number of nitrogens with zero attached hydrogens (tertiary/aromatic N) is 1. The van der Waals surface area contributed by atoms with E-state index in [-0.39, 0.29) is 23.8 Å². The lowest BCUT2D eigenvalue weighted by molar-refractivity contribution is -0.141. The maximum absolute atomic E-state index is 11.4. The average molecular weight is 247 g/mol. The first-order valence-corrected chi connectivity index (χ1v) is 6.08. The molecule has 0 aliphatic rings. The SMILES string of the molecule is COC(=O)CC(N=CC(C)(C)C)c1ccccc1. The molecule has 98 valence electrons. The lowest BCUT2D eigenvalue weighted by Gasteiger charge is -2.15. The number of aliphatic imine (C=N–C) groups is 1. The molecule has 0 aliphatic heterocycles. The number of carbonyl (C=O) groups is 1. The fourth-order valence-electron chi connectivity index (χ4n) is 1.49. The van der Waals surface area contributed by atoms with Crippen molar-refractivity contribution in [2.24, 2.45) is 10.4 Å². The van der Waals surface area contributed by atoms with Crippen LogP contribution in [0.3, 0.4) is 0 Å². The molecule has 1 rings (SSSR count). The highest BCUT2D eigenvalue weighted by Crippen LogP contribution is 2.22. The Bertz CT molecular complexity index is 404. The van der Waals surface area contributed by atoms with Crippen LogP contribution < -0.4 is 0 Å². The van der Waals surface area contributed by atoms with Gasteiger partial charge in [0.2, 0.25) is 0 Å². The quantitative estimate of drug-likeness (QED) is 0.604. The van der Waals surface area contributed by atoms with Gasteiger partial charge >= 0.3 is 5.97 Å². The van der Waals surface area contributed by atoms with Gasteiger partial charge in [-0.05, 0) is 11.0 Å². The van der Waals surface area contributed by atoms with Crippen molar-refractivity contribution >= 4 is 12.2 Å². The van der Waals surface area contributed by atoms with E-state index in [1.165, 1.54) is 7.11 Å². The van der Waals surface area contributed by atoms with Gasteiger partial charge in [0.25, 0.3) is 0 Å². The van der Waals surface area contributed by atoms with Crippen LogP contribution in [0.5, 0.6) is 0 Å². The number of hydrogen-bond acceptors (Lipinski definition) is 3. The zero-order valence-electron chi connectivity index (χ0n) is 11.5. The third-order valence-corrected chi connectivity index (χ3v) is 2.41. The van der Waals surface area contributed by atoms with Gasteiger partial charge in [0.05, 0.1) is 19.6 Å². The molecular formula is C15H21NO2. The molecule has 0 bridgehead atoms. The summed E-state index contributed by atoms with van der Waals surface area (Å²) >= 11 is 0. The maximum atomic E-state index is 11.4. The van der Waals surface area contributed by atoms with E-state index < -0.39 is 0 Å². The molecule has 0 radical (unpaired) electrons. The average Bonchev–Trinajstić information content (AvgIpc) is 2.34. The number of carbonyl (C=O) groups excluding carboxylic acids is 1. The Kier molecular flexibility index (Phi) is 5.08. The van der Waals surface area contributed by atoms with Crippen LogP contribution in [0.25, 0.3) is 0 Å². The second kappa shape index (κ2) is 6.34. The summed E-state index contributed by atoms with van der Waals surface area (Å²) in [6, 6.07) is 9.64. The van der Waals surface area contributed by atoms with Crippen LogP contribution in [-0.4, -0.2) is 19.3 Å². The van der Waals surface area contributed by atoms with Gasteiger partial charge in [-0.25, -0.2) is 0 Å². The largest absolute Gasteiger partial charge is 0.469 e. The molecular weight excluding hydrogens is 226 g/mol. The Hall–Kier alpha value is -1.64. The lowest BCUT2D eigenvalue weighted by Crippen LogP contribution is -2.11. The molecule has 0 heterocycles. The van der Waals surface area contributed by atoms with E-state index in [2.05, 4.69) is 25.8 Å². The molecule has 0 amide bonds. The Morgan fingerprint density at radius 1 is 1.33 bits per heavy atom. The summed E-state index contributed by atoms with van der Waals surface area (Å²) in [7, 11) is 1.40. The van der Waals surface area contributed by atoms with Crippen LogP contribution >= 0.6 is 0 Å². The molecule has 18 heavy (non-hydrogen) atoms. The van der Waals surface area contributed by atoms with Gasteiger partial charge in [-0.15, -0.1) is 0 Å². The number of rotatable bonds is 4. The topological polar surface area (TPSA) is 38.7 Å². The highest BCUT2D eigenvalue weighted by molar-refractivity contribution is 5.71. The summed E-state index contributed by atoms with van der Waals surface area (Å²) in [5.74, 6) is -0.241. The minimum atomic E-state index is -0.241. The van der Waals surface area contributed by atoms with Gasteiger partial charge in [0.1, 0.15) is 0 Å². The summed E-state index contributed by atoms with van der Waals surface area (Å²) in [6.07, 6.45) is 2.17. The molecule has 1 atom stereocenters. The molecule has 0 aromatic heterocycles. The number of benzene rings is 1. The predicted octanol–water partition coefficient (Wildman–Crippen LogP) is 3.41. The van der Waals surface area contributed by atoms with E-state index in [1.807, 2.05) is 36.5 Å². The first-order chi connectivity index (χ1) is 8.42. The predicted molar refractivity (Wildman–Crippen MR) is 73.8 cm³/mol. The lowest BCUT2D eigenvalue weighted by atomic mass is 9.98. The molecule has 0 N–H and O–H groups in total. The molecule has 1 unspecified atom stereocenters. The maximum Gasteiger partial charge on any atom is 0.308 e. The first kappa shape index (κ1) is 14.4. The number of methoxy groups -OCH3 is 1. The second-order valence-corrected chi connectivity index (χ2v) is 5.35. The van der Waals surface area contributed by atoms with Gasteiger partial charge in [-0.2, -0.15) is 0 Å². The second-order valence-electron chi connectivity index (χ2n) is 5.35. The van der Waals surface area contributed by atoms with Gasteiger partial charge in [-0.3, -0.25) is 9.79 Å². The fourth-order valence-corrected chi connectivity index (χ4v) is 1.49. The van der Waals surface area contributed by atoms with E-state index in [0.29, 0.717) is 0 Å². The smallest absolute Gasteiger partial charge is 0.308 e. The minimum Gasteiger partial charge on any atom is -0.469 e. The Morgan fingerprint density at radius 2 is 1.94 bits per heavy atom. The van der Waals surface area contributed by atoms with Gasteiger partial charge < -0.3 is 4.74 Å². The molecule has 0 aliphatic carbocycles. The van der Waals surface area contributed by atoms with E-state index in [0.717, 1.165) is 5.56 Å². The van der Waals surface area contributed by atoms with Crippen LogP contribution in [0.2, 0.25) is 0 Å². The molecule has 1 aromatic carbocycles. The van der Waals surface area contributed by atoms with Crippen molar-refractivity contribution in [3.05, 3.63) is 35.9 Å². The van der Waals surface area contributed by atoms with Crippen molar-refractivity contribution in [1.82, 2.24) is 0 Å². The van der Waals surface area contributed by atoms with Crippen LogP contribution in [0.4, 0.5) is 0 Å². The Balaban J connectivity index is 2.89. The van der Waals surface area contributed by atoms with Gasteiger partial charge in [0.15, 0.2) is 0 Å². The van der Waals surface area contributed by atoms with E-state index in [9.17, 15) is 4.79 Å². The Morgan fingerprint density at radius 3 is 2.44 bits per heavy atom. The van der Waals surface area contributed by atoms with Crippen molar-refractivity contribution in [2.75, 3.05) is 7.11 Å². The van der Waals surface area contributed by atoms with Gasteiger partial charge in [0, 0.05) is 6.21 Å². The molecule has 0 saturated carbocycles. The van der Waals surface area contributed by atoms with E-state index in [1.54, 1.807) is 0 Å². The zero-order valence-corrected chi connectivity index (χ0v) is 11.5. The first-order valence-electron chi connectivity index (χ1n) is 6.08. The zero-order chi connectivity index (χ0) is 13.6. The normalized spacial score (nSPS) is 13.6. The monoisotopic (exact) mass is 247 g/mol. The molecule has 0 saturated heterocycles. The van der Waals surface area contributed by atoms with Crippen molar-refractivity contribution < 1.29 is 9.53 Å². The summed E-state index contributed by atoms with van der Waals surface area (Å²) in [6.45, 7) is 6.24. The molecule has 3 nitrogen and oxygen atoms in total. The van der Waals surface area contributed by atoms with Crippen LogP contribution in [0, 0.1) is 5.41 Å². The fraction of sp³-hybridized carbons (Fsp3) is 0.467. The Labute approximate surface area is 109 Å². The van der Waals surface area contributed by atoms with Crippen LogP contribution in [0.15, 0.2) is 35.3 Å². The van der Waals surface area contributed by atoms with E-state index in [4.69, 9.17) is 4.74 Å². The van der Waals surface area contributed by atoms with Crippen LogP contribution in [-0.2, 0) is 9.53 Å². The highest BCUT2D eigenvalue weighted by Gasteiger charge is 2.16. The summed E-state index contributed by atoms with van der Waals surface area (Å²) in [5, 5.41) is 0. The van der Waals surface area contributed by atoms with Crippen molar-refractivity contribution in [3.63, 3.8) is 0 Å². The molecule has 0 fully saturated rings. The number of ether oxygens (including phenoxy) is 1. The van der Waals surface area contributed by atoms with E-state index >= 15 is 0 Å². The number of esters is 1. The number of hydrogen-bond donors (Lipinski definition) is 0. The summed E-state index contributed by atoms with van der Waals surface area (Å²) in [4.78, 5) is 16.0. The van der Waals surface area contributed by atoms with Crippen molar-refractivity contribution in [1.29, 1.82) is 0 Å².